The zero-order chi connectivity index (χ0) is 16.9. The number of carbonyl (C=O) groups is 1. The highest BCUT2D eigenvalue weighted by atomic mass is 32.2. The van der Waals surface area contributed by atoms with Crippen molar-refractivity contribution in [3.63, 3.8) is 0 Å². The summed E-state index contributed by atoms with van der Waals surface area (Å²) in [6, 6.07) is 7.16. The second-order valence-corrected chi connectivity index (χ2v) is 6.86. The number of aliphatic hydroxyl groups excluding tert-OH is 1. The molecule has 24 heavy (non-hydrogen) atoms. The molecule has 1 aromatic carbocycles. The number of rotatable bonds is 8. The highest BCUT2D eigenvalue weighted by molar-refractivity contribution is 7.98. The molecule has 2 N–H and O–H groups in total. The fourth-order valence-electron chi connectivity index (χ4n) is 2.47. The molecule has 1 atom stereocenters. The van der Waals surface area contributed by atoms with Crippen LogP contribution in [0, 0.1) is 0 Å². The van der Waals surface area contributed by atoms with Crippen molar-refractivity contribution in [1.29, 1.82) is 0 Å². The van der Waals surface area contributed by atoms with Crippen LogP contribution in [0.4, 0.5) is 0 Å². The standard InChI is InChI=1S/C17H21N3O3S/c1-24-10-14(7-8-21)18-16(22)13-4-2-3-12(9-13)15-19-17(23-20-15)11-5-6-11/h2-4,9,11,14,21H,5-8,10H2,1H3,(H,18,22)/t14-/m0/s1. The third kappa shape index (κ3) is 4.15. The maximum absolute atomic E-state index is 12.4. The van der Waals surface area contributed by atoms with E-state index in [1.54, 1.807) is 23.9 Å². The van der Waals surface area contributed by atoms with Crippen molar-refractivity contribution in [3.8, 4) is 11.4 Å². The zero-order valence-corrected chi connectivity index (χ0v) is 14.4. The molecule has 128 valence electrons. The van der Waals surface area contributed by atoms with E-state index in [0.29, 0.717) is 29.6 Å². The van der Waals surface area contributed by atoms with Crippen LogP contribution in [-0.4, -0.2) is 45.8 Å². The molecular formula is C17H21N3O3S. The first kappa shape index (κ1) is 17.0. The molecule has 1 fully saturated rings. The Hall–Kier alpha value is -1.86. The third-order valence-corrected chi connectivity index (χ3v) is 4.67. The van der Waals surface area contributed by atoms with E-state index in [1.807, 2.05) is 18.4 Å². The summed E-state index contributed by atoms with van der Waals surface area (Å²) >= 11 is 1.64. The number of nitrogens with zero attached hydrogens (tertiary/aromatic N) is 2. The van der Waals surface area contributed by atoms with Crippen molar-refractivity contribution in [2.75, 3.05) is 18.6 Å². The van der Waals surface area contributed by atoms with Crippen LogP contribution in [0.5, 0.6) is 0 Å². The quantitative estimate of drug-likeness (QED) is 0.763. The lowest BCUT2D eigenvalue weighted by molar-refractivity contribution is 0.0935. The summed E-state index contributed by atoms with van der Waals surface area (Å²) in [4.78, 5) is 16.9. The van der Waals surface area contributed by atoms with Gasteiger partial charge in [0.15, 0.2) is 0 Å². The lowest BCUT2D eigenvalue weighted by Crippen LogP contribution is -2.37. The lowest BCUT2D eigenvalue weighted by atomic mass is 10.1. The summed E-state index contributed by atoms with van der Waals surface area (Å²) < 4.78 is 5.28. The van der Waals surface area contributed by atoms with Crippen LogP contribution in [0.25, 0.3) is 11.4 Å². The first-order chi connectivity index (χ1) is 11.7. The summed E-state index contributed by atoms with van der Waals surface area (Å²) in [7, 11) is 0. The summed E-state index contributed by atoms with van der Waals surface area (Å²) in [5.74, 6) is 2.21. The van der Waals surface area contributed by atoms with E-state index in [1.165, 1.54) is 0 Å². The number of thioether (sulfide) groups is 1. The fourth-order valence-corrected chi connectivity index (χ4v) is 3.12. The number of amides is 1. The number of carbonyl (C=O) groups excluding carboxylic acids is 1. The van der Waals surface area contributed by atoms with Gasteiger partial charge in [-0.3, -0.25) is 4.79 Å². The average Bonchev–Trinajstić information content (AvgIpc) is 3.32. The van der Waals surface area contributed by atoms with Gasteiger partial charge in [-0.25, -0.2) is 0 Å². The second kappa shape index (κ2) is 7.81. The third-order valence-electron chi connectivity index (χ3n) is 3.93. The number of aliphatic hydroxyl groups is 1. The van der Waals surface area contributed by atoms with E-state index in [0.717, 1.165) is 24.2 Å². The highest BCUT2D eigenvalue weighted by Gasteiger charge is 2.29. The molecule has 0 bridgehead atoms. The van der Waals surface area contributed by atoms with Crippen LogP contribution in [0.15, 0.2) is 28.8 Å². The minimum atomic E-state index is -0.157. The summed E-state index contributed by atoms with van der Waals surface area (Å²) in [5, 5.41) is 16.1. The Kier molecular flexibility index (Phi) is 5.52. The van der Waals surface area contributed by atoms with Crippen LogP contribution in [0.2, 0.25) is 0 Å². The number of aromatic nitrogens is 2. The van der Waals surface area contributed by atoms with Gasteiger partial charge in [-0.2, -0.15) is 16.7 Å². The van der Waals surface area contributed by atoms with Crippen LogP contribution in [0.1, 0.15) is 41.4 Å². The monoisotopic (exact) mass is 347 g/mol. The molecule has 0 unspecified atom stereocenters. The van der Waals surface area contributed by atoms with E-state index in [2.05, 4.69) is 15.5 Å². The van der Waals surface area contributed by atoms with Crippen molar-refractivity contribution in [2.45, 2.75) is 31.2 Å². The molecule has 0 radical (unpaired) electrons. The number of nitrogens with one attached hydrogen (secondary N) is 1. The lowest BCUT2D eigenvalue weighted by Gasteiger charge is -2.16. The molecule has 1 amide bonds. The molecule has 1 aliphatic rings. The molecule has 1 aromatic heterocycles. The van der Waals surface area contributed by atoms with Gasteiger partial charge in [0, 0.05) is 35.4 Å². The second-order valence-electron chi connectivity index (χ2n) is 5.95. The van der Waals surface area contributed by atoms with Gasteiger partial charge in [0.25, 0.3) is 5.91 Å². The van der Waals surface area contributed by atoms with E-state index in [9.17, 15) is 4.79 Å². The minimum absolute atomic E-state index is 0.0483. The van der Waals surface area contributed by atoms with E-state index in [4.69, 9.17) is 9.63 Å². The number of hydrogen-bond donors (Lipinski definition) is 2. The highest BCUT2D eigenvalue weighted by Crippen LogP contribution is 2.39. The number of hydrogen-bond acceptors (Lipinski definition) is 6. The van der Waals surface area contributed by atoms with Crippen LogP contribution < -0.4 is 5.32 Å². The Morgan fingerprint density at radius 3 is 3.04 bits per heavy atom. The van der Waals surface area contributed by atoms with Gasteiger partial charge < -0.3 is 14.9 Å². The van der Waals surface area contributed by atoms with Gasteiger partial charge >= 0.3 is 0 Å². The summed E-state index contributed by atoms with van der Waals surface area (Å²) in [5.41, 5.74) is 1.32. The molecular weight excluding hydrogens is 326 g/mol. The van der Waals surface area contributed by atoms with Crippen molar-refractivity contribution < 1.29 is 14.4 Å². The Morgan fingerprint density at radius 1 is 1.50 bits per heavy atom. The maximum Gasteiger partial charge on any atom is 0.251 e. The molecule has 0 spiro atoms. The first-order valence-corrected chi connectivity index (χ1v) is 9.45. The van der Waals surface area contributed by atoms with Crippen LogP contribution >= 0.6 is 11.8 Å². The molecule has 2 aromatic rings. The van der Waals surface area contributed by atoms with Crippen molar-refractivity contribution >= 4 is 17.7 Å². The Balaban J connectivity index is 1.72. The van der Waals surface area contributed by atoms with Gasteiger partial charge in [0.05, 0.1) is 0 Å². The fraction of sp³-hybridized carbons (Fsp3) is 0.471. The van der Waals surface area contributed by atoms with Gasteiger partial charge in [-0.05, 0) is 37.7 Å². The summed E-state index contributed by atoms with van der Waals surface area (Å²) in [6.07, 6.45) is 4.73. The topological polar surface area (TPSA) is 88.2 Å². The maximum atomic E-state index is 12.4. The van der Waals surface area contributed by atoms with Gasteiger partial charge in [-0.15, -0.1) is 0 Å². The van der Waals surface area contributed by atoms with Crippen molar-refractivity contribution in [2.24, 2.45) is 0 Å². The summed E-state index contributed by atoms with van der Waals surface area (Å²) in [6.45, 7) is 0.0539. The zero-order valence-electron chi connectivity index (χ0n) is 13.6. The van der Waals surface area contributed by atoms with Crippen LogP contribution in [-0.2, 0) is 0 Å². The molecule has 1 aliphatic carbocycles. The molecule has 6 nitrogen and oxygen atoms in total. The van der Waals surface area contributed by atoms with E-state index < -0.39 is 0 Å². The van der Waals surface area contributed by atoms with Gasteiger partial charge in [0.2, 0.25) is 11.7 Å². The minimum Gasteiger partial charge on any atom is -0.396 e. The average molecular weight is 347 g/mol. The molecule has 0 aliphatic heterocycles. The molecule has 0 saturated heterocycles. The predicted molar refractivity (Wildman–Crippen MR) is 93.0 cm³/mol. The predicted octanol–water partition coefficient (Wildman–Crippen LogP) is 2.46. The first-order valence-electron chi connectivity index (χ1n) is 8.06. The SMILES string of the molecule is CSC[C@H](CCO)NC(=O)c1cccc(-c2noc(C3CC3)n2)c1. The van der Waals surface area contributed by atoms with Gasteiger partial charge in [-0.1, -0.05) is 17.3 Å². The van der Waals surface area contributed by atoms with Crippen LogP contribution in [0.3, 0.4) is 0 Å². The smallest absolute Gasteiger partial charge is 0.251 e. The van der Waals surface area contributed by atoms with E-state index >= 15 is 0 Å². The Labute approximate surface area is 145 Å². The number of benzene rings is 1. The normalized spacial score (nSPS) is 15.2. The molecule has 1 saturated carbocycles. The largest absolute Gasteiger partial charge is 0.396 e. The molecule has 1 heterocycles. The van der Waals surface area contributed by atoms with Crippen molar-refractivity contribution in [1.82, 2.24) is 15.5 Å². The molecule has 7 heteroatoms. The van der Waals surface area contributed by atoms with Gasteiger partial charge in [0.1, 0.15) is 0 Å². The van der Waals surface area contributed by atoms with E-state index in [-0.39, 0.29) is 18.6 Å². The molecule has 3 rings (SSSR count). The Morgan fingerprint density at radius 2 is 2.33 bits per heavy atom. The van der Waals surface area contributed by atoms with Crippen molar-refractivity contribution in [3.05, 3.63) is 35.7 Å². The Bertz CT molecular complexity index is 694.